The van der Waals surface area contributed by atoms with Gasteiger partial charge in [-0.2, -0.15) is 0 Å². The van der Waals surface area contributed by atoms with Gasteiger partial charge in [-0.15, -0.1) is 0 Å². The highest BCUT2D eigenvalue weighted by atomic mass is 16.5. The number of aromatic nitrogens is 3. The summed E-state index contributed by atoms with van der Waals surface area (Å²) in [5.74, 6) is 0.924. The summed E-state index contributed by atoms with van der Waals surface area (Å²) in [4.78, 5) is 15.9. The molecule has 1 amide bonds. The molecule has 204 valence electrons. The number of H-pyrrole nitrogens is 1. The molecule has 7 aromatic rings. The Balaban J connectivity index is 1.23. The third-order valence-electron chi connectivity index (χ3n) is 8.49. The Hall–Kier alpha value is -5.11. The zero-order valence-electron chi connectivity index (χ0n) is 22.5. The molecule has 8 heteroatoms. The fourth-order valence-electron chi connectivity index (χ4n) is 6.81. The molecule has 3 N–H and O–H groups in total. The lowest BCUT2D eigenvalue weighted by molar-refractivity contribution is 0.118. The number of fused-ring (bicyclic) bond motifs is 9. The summed E-state index contributed by atoms with van der Waals surface area (Å²) in [5.41, 5.74) is 5.36. The van der Waals surface area contributed by atoms with Gasteiger partial charge in [-0.1, -0.05) is 54.6 Å². The lowest BCUT2D eigenvalue weighted by atomic mass is 10.0. The second-order valence-electron chi connectivity index (χ2n) is 10.8. The number of hydrogen-bond acceptors (Lipinski definition) is 4. The van der Waals surface area contributed by atoms with E-state index in [1.165, 1.54) is 0 Å². The zero-order chi connectivity index (χ0) is 27.7. The molecule has 1 unspecified atom stereocenters. The first-order valence-corrected chi connectivity index (χ1v) is 13.8. The third-order valence-corrected chi connectivity index (χ3v) is 8.49. The average molecular weight is 545 g/mol. The SMILES string of the molecule is COc1ccccc1CNC(=O)OCC1Cn2c3ccccc3c3c4c[nH]c(O)c4c4c5ccccc5n(c4c32)C1. The first-order valence-electron chi connectivity index (χ1n) is 13.8. The van der Waals surface area contributed by atoms with Gasteiger partial charge in [-0.3, -0.25) is 0 Å². The molecule has 4 aromatic carbocycles. The van der Waals surface area contributed by atoms with Gasteiger partial charge in [0.25, 0.3) is 0 Å². The van der Waals surface area contributed by atoms with Crippen LogP contribution in [0.2, 0.25) is 0 Å². The van der Waals surface area contributed by atoms with Crippen LogP contribution in [0.5, 0.6) is 11.6 Å². The molecule has 1 aliphatic heterocycles. The zero-order valence-corrected chi connectivity index (χ0v) is 22.5. The Bertz CT molecular complexity index is 2150. The number of carbonyl (C=O) groups excluding carboxylic acids is 1. The summed E-state index contributed by atoms with van der Waals surface area (Å²) in [6, 6.07) is 24.4. The largest absolute Gasteiger partial charge is 0.496 e. The van der Waals surface area contributed by atoms with Crippen LogP contribution in [0.1, 0.15) is 5.56 Å². The van der Waals surface area contributed by atoms with Gasteiger partial charge in [0.2, 0.25) is 0 Å². The highest BCUT2D eigenvalue weighted by Crippen LogP contribution is 2.48. The molecule has 1 atom stereocenters. The van der Waals surface area contributed by atoms with Crippen LogP contribution >= 0.6 is 0 Å². The predicted octanol–water partition coefficient (Wildman–Crippen LogP) is 6.65. The van der Waals surface area contributed by atoms with E-state index in [0.717, 1.165) is 65.7 Å². The smallest absolute Gasteiger partial charge is 0.407 e. The maximum Gasteiger partial charge on any atom is 0.407 e. The van der Waals surface area contributed by atoms with E-state index in [0.29, 0.717) is 19.6 Å². The minimum Gasteiger partial charge on any atom is -0.496 e. The number of nitrogens with one attached hydrogen (secondary N) is 2. The molecule has 0 fully saturated rings. The molecule has 8 nitrogen and oxygen atoms in total. The number of ether oxygens (including phenoxy) is 2. The van der Waals surface area contributed by atoms with E-state index < -0.39 is 6.09 Å². The average Bonchev–Trinajstić information content (AvgIpc) is 3.60. The molecule has 0 spiro atoms. The minimum atomic E-state index is -0.457. The van der Waals surface area contributed by atoms with Crippen molar-refractivity contribution in [1.82, 2.24) is 19.4 Å². The summed E-state index contributed by atoms with van der Waals surface area (Å²) in [7, 11) is 1.62. The minimum absolute atomic E-state index is 0.0203. The Morgan fingerprint density at radius 2 is 1.51 bits per heavy atom. The Labute approximate surface area is 234 Å². The summed E-state index contributed by atoms with van der Waals surface area (Å²) < 4.78 is 15.9. The molecular formula is C33H28N4O4. The van der Waals surface area contributed by atoms with Crippen molar-refractivity contribution in [1.29, 1.82) is 0 Å². The standard InChI is InChI=1S/C33H28N4O4/c1-40-26-13-7-2-8-20(26)14-35-33(39)41-18-19-16-36-24-11-5-3-9-21(24)27-23-15-34-32(38)29(23)28-22-10-4-6-12-25(22)37(17-19)31(28)30(27)36/h2-13,15,19,34,38H,14,16-18H2,1H3,(H,35,39). The number of methoxy groups -OCH3 is 1. The van der Waals surface area contributed by atoms with Crippen LogP contribution in [0.4, 0.5) is 4.79 Å². The van der Waals surface area contributed by atoms with Crippen LogP contribution in [0.25, 0.3) is 54.4 Å². The molecule has 0 radical (unpaired) electrons. The topological polar surface area (TPSA) is 93.4 Å². The van der Waals surface area contributed by atoms with Crippen LogP contribution in [-0.4, -0.2) is 39.0 Å². The molecule has 0 bridgehead atoms. The molecule has 8 rings (SSSR count). The van der Waals surface area contributed by atoms with Gasteiger partial charge in [0, 0.05) is 75.3 Å². The van der Waals surface area contributed by atoms with Crippen molar-refractivity contribution in [2.24, 2.45) is 5.92 Å². The number of amides is 1. The first kappa shape index (κ1) is 23.7. The van der Waals surface area contributed by atoms with Crippen molar-refractivity contribution in [3.8, 4) is 11.6 Å². The molecule has 0 saturated carbocycles. The fraction of sp³-hybridized carbons (Fsp3) is 0.182. The van der Waals surface area contributed by atoms with Crippen molar-refractivity contribution in [2.75, 3.05) is 13.7 Å². The quantitative estimate of drug-likeness (QED) is 0.226. The number of nitrogens with zero attached hydrogens (tertiary/aromatic N) is 2. The van der Waals surface area contributed by atoms with Crippen LogP contribution in [-0.2, 0) is 24.4 Å². The van der Waals surface area contributed by atoms with Crippen molar-refractivity contribution in [3.63, 3.8) is 0 Å². The molecule has 1 aliphatic rings. The summed E-state index contributed by atoms with van der Waals surface area (Å²) in [6.07, 6.45) is 1.46. The molecular weight excluding hydrogens is 516 g/mol. The number of alkyl carbamates (subject to hydrolysis) is 1. The second kappa shape index (κ2) is 8.96. The third kappa shape index (κ3) is 3.43. The number of para-hydroxylation sites is 3. The number of hydrogen-bond donors (Lipinski definition) is 3. The highest BCUT2D eigenvalue weighted by Gasteiger charge is 2.29. The van der Waals surface area contributed by atoms with Gasteiger partial charge < -0.3 is 34.0 Å². The number of aromatic hydroxyl groups is 1. The van der Waals surface area contributed by atoms with Gasteiger partial charge in [0.15, 0.2) is 5.88 Å². The van der Waals surface area contributed by atoms with Gasteiger partial charge in [-0.25, -0.2) is 4.79 Å². The Kier molecular flexibility index (Phi) is 5.19. The van der Waals surface area contributed by atoms with E-state index >= 15 is 0 Å². The molecule has 4 heterocycles. The maximum atomic E-state index is 12.8. The summed E-state index contributed by atoms with van der Waals surface area (Å²) >= 11 is 0. The van der Waals surface area contributed by atoms with E-state index in [2.05, 4.69) is 55.8 Å². The van der Waals surface area contributed by atoms with Crippen LogP contribution < -0.4 is 10.1 Å². The van der Waals surface area contributed by atoms with E-state index in [9.17, 15) is 9.90 Å². The van der Waals surface area contributed by atoms with Crippen molar-refractivity contribution >= 4 is 60.5 Å². The number of benzene rings is 4. The number of rotatable bonds is 5. The fourth-order valence-corrected chi connectivity index (χ4v) is 6.81. The lowest BCUT2D eigenvalue weighted by Gasteiger charge is -2.18. The lowest BCUT2D eigenvalue weighted by Crippen LogP contribution is -2.28. The van der Waals surface area contributed by atoms with Gasteiger partial charge in [0.1, 0.15) is 5.75 Å². The monoisotopic (exact) mass is 544 g/mol. The first-order chi connectivity index (χ1) is 20.1. The van der Waals surface area contributed by atoms with Crippen LogP contribution in [0, 0.1) is 5.92 Å². The van der Waals surface area contributed by atoms with Crippen molar-refractivity contribution < 1.29 is 19.4 Å². The van der Waals surface area contributed by atoms with Crippen LogP contribution in [0.3, 0.4) is 0 Å². The second-order valence-corrected chi connectivity index (χ2v) is 10.8. The Morgan fingerprint density at radius 3 is 2.24 bits per heavy atom. The number of carbonyl (C=O) groups is 1. The Morgan fingerprint density at radius 1 is 0.878 bits per heavy atom. The normalized spacial score (nSPS) is 14.9. The van der Waals surface area contributed by atoms with Crippen molar-refractivity contribution in [3.05, 3.63) is 84.6 Å². The van der Waals surface area contributed by atoms with E-state index in [-0.39, 0.29) is 18.4 Å². The van der Waals surface area contributed by atoms with Crippen LogP contribution in [0.15, 0.2) is 79.0 Å². The van der Waals surface area contributed by atoms with Gasteiger partial charge >= 0.3 is 6.09 Å². The maximum absolute atomic E-state index is 12.8. The van der Waals surface area contributed by atoms with E-state index in [1.807, 2.05) is 42.6 Å². The molecule has 0 saturated heterocycles. The van der Waals surface area contributed by atoms with Gasteiger partial charge in [-0.05, 0) is 18.2 Å². The predicted molar refractivity (Wildman–Crippen MR) is 161 cm³/mol. The number of aromatic amines is 1. The molecule has 0 aliphatic carbocycles. The van der Waals surface area contributed by atoms with Gasteiger partial charge in [0.05, 0.1) is 30.1 Å². The van der Waals surface area contributed by atoms with E-state index in [4.69, 9.17) is 9.47 Å². The van der Waals surface area contributed by atoms with Crippen molar-refractivity contribution in [2.45, 2.75) is 19.6 Å². The summed E-state index contributed by atoms with van der Waals surface area (Å²) in [6.45, 7) is 1.95. The molecule has 3 aromatic heterocycles. The summed E-state index contributed by atoms with van der Waals surface area (Å²) in [5, 5.41) is 20.2. The highest BCUT2D eigenvalue weighted by molar-refractivity contribution is 6.36. The molecule has 41 heavy (non-hydrogen) atoms. The van der Waals surface area contributed by atoms with E-state index in [1.54, 1.807) is 7.11 Å².